The molecule has 0 amide bonds. The van der Waals surface area contributed by atoms with Crippen molar-refractivity contribution in [3.63, 3.8) is 0 Å². The lowest BCUT2D eigenvalue weighted by atomic mass is 9.97. The zero-order chi connectivity index (χ0) is 16.0. The molecule has 0 spiro atoms. The average Bonchev–Trinajstić information content (AvgIpc) is 2.53. The van der Waals surface area contributed by atoms with Gasteiger partial charge in [-0.3, -0.25) is 4.90 Å². The van der Waals surface area contributed by atoms with Gasteiger partial charge in [0.2, 0.25) is 0 Å². The summed E-state index contributed by atoms with van der Waals surface area (Å²) >= 11 is 0. The smallest absolute Gasteiger partial charge is 0.0619 e. The molecule has 0 saturated carbocycles. The SMILES string of the molecule is CCCCCCCC(CCCCCCC)N1CCOC[C@H]1C. The maximum atomic E-state index is 5.64. The third-order valence-electron chi connectivity index (χ3n) is 5.17. The summed E-state index contributed by atoms with van der Waals surface area (Å²) in [6.45, 7) is 9.97. The third-order valence-corrected chi connectivity index (χ3v) is 5.17. The second-order valence-corrected chi connectivity index (χ2v) is 7.22. The number of unbranched alkanes of at least 4 members (excludes halogenated alkanes) is 8. The molecule has 0 N–H and O–H groups in total. The van der Waals surface area contributed by atoms with Gasteiger partial charge in [0, 0.05) is 18.6 Å². The second-order valence-electron chi connectivity index (χ2n) is 7.22. The van der Waals surface area contributed by atoms with E-state index in [4.69, 9.17) is 4.74 Å². The van der Waals surface area contributed by atoms with Gasteiger partial charge in [-0.1, -0.05) is 78.1 Å². The van der Waals surface area contributed by atoms with Gasteiger partial charge in [0.05, 0.1) is 13.2 Å². The largest absolute Gasteiger partial charge is 0.379 e. The van der Waals surface area contributed by atoms with Gasteiger partial charge in [-0.05, 0) is 19.8 Å². The summed E-state index contributed by atoms with van der Waals surface area (Å²) in [5, 5.41) is 0. The summed E-state index contributed by atoms with van der Waals surface area (Å²) in [7, 11) is 0. The van der Waals surface area contributed by atoms with Crippen LogP contribution < -0.4 is 0 Å². The topological polar surface area (TPSA) is 12.5 Å². The minimum Gasteiger partial charge on any atom is -0.379 e. The van der Waals surface area contributed by atoms with Crippen molar-refractivity contribution in [1.29, 1.82) is 0 Å². The van der Waals surface area contributed by atoms with Crippen LogP contribution in [0.15, 0.2) is 0 Å². The molecule has 1 aliphatic heterocycles. The van der Waals surface area contributed by atoms with Crippen molar-refractivity contribution in [3.05, 3.63) is 0 Å². The van der Waals surface area contributed by atoms with Gasteiger partial charge in [-0.25, -0.2) is 0 Å². The summed E-state index contributed by atoms with van der Waals surface area (Å²) in [5.74, 6) is 0. The zero-order valence-corrected chi connectivity index (χ0v) is 15.6. The van der Waals surface area contributed by atoms with Gasteiger partial charge < -0.3 is 4.74 Å². The van der Waals surface area contributed by atoms with E-state index < -0.39 is 0 Å². The molecule has 2 nitrogen and oxygen atoms in total. The molecule has 0 aliphatic carbocycles. The van der Waals surface area contributed by atoms with Crippen LogP contribution in [0.25, 0.3) is 0 Å². The molecule has 0 bridgehead atoms. The number of hydrogen-bond donors (Lipinski definition) is 0. The fourth-order valence-corrected chi connectivity index (χ4v) is 3.73. The molecule has 1 saturated heterocycles. The molecule has 22 heavy (non-hydrogen) atoms. The van der Waals surface area contributed by atoms with E-state index in [9.17, 15) is 0 Å². The number of nitrogens with zero attached hydrogens (tertiary/aromatic N) is 1. The van der Waals surface area contributed by atoms with E-state index in [2.05, 4.69) is 25.7 Å². The van der Waals surface area contributed by atoms with Crippen LogP contribution in [0, 0.1) is 0 Å². The molecule has 1 aliphatic rings. The van der Waals surface area contributed by atoms with Crippen molar-refractivity contribution in [3.8, 4) is 0 Å². The quantitative estimate of drug-likeness (QED) is 0.399. The van der Waals surface area contributed by atoms with Crippen LogP contribution in [-0.2, 0) is 4.74 Å². The Bertz CT molecular complexity index is 230. The van der Waals surface area contributed by atoms with Crippen molar-refractivity contribution in [2.75, 3.05) is 19.8 Å². The van der Waals surface area contributed by atoms with Crippen LogP contribution in [0.5, 0.6) is 0 Å². The molecule has 0 aromatic rings. The molecule has 1 fully saturated rings. The highest BCUT2D eigenvalue weighted by atomic mass is 16.5. The maximum Gasteiger partial charge on any atom is 0.0619 e. The lowest BCUT2D eigenvalue weighted by molar-refractivity contribution is -0.0262. The van der Waals surface area contributed by atoms with E-state index >= 15 is 0 Å². The van der Waals surface area contributed by atoms with Gasteiger partial charge >= 0.3 is 0 Å². The molecule has 1 heterocycles. The van der Waals surface area contributed by atoms with Crippen molar-refractivity contribution in [2.45, 2.75) is 110 Å². The predicted octanol–water partition coefficient (Wildman–Crippen LogP) is 5.80. The van der Waals surface area contributed by atoms with Gasteiger partial charge in [0.1, 0.15) is 0 Å². The maximum absolute atomic E-state index is 5.64. The standard InChI is InChI=1S/C20H41NO/c1-4-6-8-10-12-14-20(15-13-11-9-7-5-2)21-16-17-22-18-19(21)3/h19-20H,4-18H2,1-3H3/t19-/m1/s1. The van der Waals surface area contributed by atoms with E-state index in [-0.39, 0.29) is 0 Å². The van der Waals surface area contributed by atoms with Crippen LogP contribution in [0.4, 0.5) is 0 Å². The van der Waals surface area contributed by atoms with E-state index in [1.54, 1.807) is 0 Å². The minimum absolute atomic E-state index is 0.616. The Morgan fingerprint density at radius 1 is 0.864 bits per heavy atom. The Labute approximate surface area is 140 Å². The Morgan fingerprint density at radius 2 is 1.41 bits per heavy atom. The second kappa shape index (κ2) is 13.4. The molecule has 2 heteroatoms. The number of rotatable bonds is 13. The van der Waals surface area contributed by atoms with Crippen LogP contribution in [0.1, 0.15) is 97.8 Å². The summed E-state index contributed by atoms with van der Waals surface area (Å²) in [5.41, 5.74) is 0. The highest BCUT2D eigenvalue weighted by molar-refractivity contribution is 4.79. The Morgan fingerprint density at radius 3 is 1.91 bits per heavy atom. The Hall–Kier alpha value is -0.0800. The molecule has 0 radical (unpaired) electrons. The molecular weight excluding hydrogens is 270 g/mol. The van der Waals surface area contributed by atoms with E-state index in [0.717, 1.165) is 25.8 Å². The molecule has 0 aromatic heterocycles. The molecule has 132 valence electrons. The molecule has 1 rings (SSSR count). The van der Waals surface area contributed by atoms with E-state index in [1.807, 2.05) is 0 Å². The fraction of sp³-hybridized carbons (Fsp3) is 1.00. The molecular formula is C20H41NO. The number of morpholine rings is 1. The molecule has 0 aromatic carbocycles. The normalized spacial score (nSPS) is 19.9. The van der Waals surface area contributed by atoms with Gasteiger partial charge in [-0.2, -0.15) is 0 Å². The van der Waals surface area contributed by atoms with Crippen molar-refractivity contribution in [1.82, 2.24) is 4.90 Å². The Balaban J connectivity index is 2.31. The van der Waals surface area contributed by atoms with Crippen molar-refractivity contribution < 1.29 is 4.74 Å². The Kier molecular flexibility index (Phi) is 12.1. The monoisotopic (exact) mass is 311 g/mol. The van der Waals surface area contributed by atoms with Crippen LogP contribution in [-0.4, -0.2) is 36.7 Å². The lowest BCUT2D eigenvalue weighted by Crippen LogP contribution is -2.49. The predicted molar refractivity (Wildman–Crippen MR) is 97.5 cm³/mol. The van der Waals surface area contributed by atoms with Crippen molar-refractivity contribution >= 4 is 0 Å². The highest BCUT2D eigenvalue weighted by Crippen LogP contribution is 2.22. The van der Waals surface area contributed by atoms with Crippen molar-refractivity contribution in [2.24, 2.45) is 0 Å². The van der Waals surface area contributed by atoms with Crippen LogP contribution in [0.2, 0.25) is 0 Å². The number of ether oxygens (including phenoxy) is 1. The highest BCUT2D eigenvalue weighted by Gasteiger charge is 2.25. The first-order valence-electron chi connectivity index (χ1n) is 10.1. The molecule has 1 atom stereocenters. The van der Waals surface area contributed by atoms with Gasteiger partial charge in [0.15, 0.2) is 0 Å². The number of hydrogen-bond acceptors (Lipinski definition) is 2. The lowest BCUT2D eigenvalue weighted by Gasteiger charge is -2.39. The van der Waals surface area contributed by atoms with Crippen LogP contribution in [0.3, 0.4) is 0 Å². The van der Waals surface area contributed by atoms with Gasteiger partial charge in [0.25, 0.3) is 0 Å². The summed E-state index contributed by atoms with van der Waals surface area (Å²) in [6, 6.07) is 1.42. The third kappa shape index (κ3) is 8.53. The zero-order valence-electron chi connectivity index (χ0n) is 15.6. The minimum atomic E-state index is 0.616. The first kappa shape index (κ1) is 20.0. The fourth-order valence-electron chi connectivity index (χ4n) is 3.73. The van der Waals surface area contributed by atoms with Gasteiger partial charge in [-0.15, -0.1) is 0 Å². The van der Waals surface area contributed by atoms with Crippen LogP contribution >= 0.6 is 0 Å². The molecule has 0 unspecified atom stereocenters. The van der Waals surface area contributed by atoms with E-state index in [1.165, 1.54) is 77.0 Å². The summed E-state index contributed by atoms with van der Waals surface area (Å²) in [6.07, 6.45) is 16.9. The first-order chi connectivity index (χ1) is 10.8. The average molecular weight is 312 g/mol. The van der Waals surface area contributed by atoms with E-state index in [0.29, 0.717) is 6.04 Å². The first-order valence-corrected chi connectivity index (χ1v) is 10.1. The summed E-state index contributed by atoms with van der Waals surface area (Å²) in [4.78, 5) is 2.75. The summed E-state index contributed by atoms with van der Waals surface area (Å²) < 4.78 is 5.64.